The van der Waals surface area contributed by atoms with Gasteiger partial charge in [-0.15, -0.1) is 0 Å². The first-order chi connectivity index (χ1) is 8.68. The van der Waals surface area contributed by atoms with E-state index in [0.717, 1.165) is 32.4 Å². The molecule has 0 spiro atoms. The van der Waals surface area contributed by atoms with E-state index in [2.05, 4.69) is 17.6 Å². The maximum atomic E-state index is 12.3. The quantitative estimate of drug-likeness (QED) is 0.700. The van der Waals surface area contributed by atoms with Crippen LogP contribution in [0.3, 0.4) is 0 Å². The van der Waals surface area contributed by atoms with Crippen LogP contribution in [0, 0.1) is 5.41 Å². The van der Waals surface area contributed by atoms with E-state index in [1.54, 1.807) is 14.2 Å². The van der Waals surface area contributed by atoms with Crippen LogP contribution in [-0.2, 0) is 14.3 Å². The average Bonchev–Trinajstić information content (AvgIpc) is 2.43. The first-order valence-corrected chi connectivity index (χ1v) is 6.69. The van der Waals surface area contributed by atoms with E-state index in [9.17, 15) is 4.79 Å². The zero-order valence-corrected chi connectivity index (χ0v) is 11.8. The van der Waals surface area contributed by atoms with Crippen molar-refractivity contribution in [3.63, 3.8) is 0 Å². The Morgan fingerprint density at radius 3 is 2.56 bits per heavy atom. The summed E-state index contributed by atoms with van der Waals surface area (Å²) in [4.78, 5) is 12.3. The third-order valence-corrected chi connectivity index (χ3v) is 3.90. The Morgan fingerprint density at radius 1 is 1.39 bits per heavy atom. The van der Waals surface area contributed by atoms with Gasteiger partial charge in [0.2, 0.25) is 5.91 Å². The van der Waals surface area contributed by atoms with Gasteiger partial charge in [0.25, 0.3) is 0 Å². The molecule has 106 valence electrons. The van der Waals surface area contributed by atoms with Crippen LogP contribution < -0.4 is 10.6 Å². The monoisotopic (exact) mass is 258 g/mol. The highest BCUT2D eigenvalue weighted by atomic mass is 16.5. The summed E-state index contributed by atoms with van der Waals surface area (Å²) in [6, 6.07) is 0. The highest BCUT2D eigenvalue weighted by molar-refractivity contribution is 5.82. The van der Waals surface area contributed by atoms with Crippen LogP contribution in [0.4, 0.5) is 0 Å². The molecule has 0 saturated carbocycles. The normalized spacial score (nSPS) is 20.4. The van der Waals surface area contributed by atoms with Crippen molar-refractivity contribution in [3.8, 4) is 0 Å². The summed E-state index contributed by atoms with van der Waals surface area (Å²) in [5.41, 5.74) is -0.198. The maximum Gasteiger partial charge on any atom is 0.226 e. The van der Waals surface area contributed by atoms with Gasteiger partial charge in [0.05, 0.1) is 18.1 Å². The smallest absolute Gasteiger partial charge is 0.226 e. The number of carbonyl (C=O) groups is 1. The predicted molar refractivity (Wildman–Crippen MR) is 70.5 cm³/mol. The first kappa shape index (κ1) is 15.4. The third kappa shape index (κ3) is 3.93. The van der Waals surface area contributed by atoms with Gasteiger partial charge in [0, 0.05) is 20.8 Å². The minimum Gasteiger partial charge on any atom is -0.382 e. The number of hydrogen-bond donors (Lipinski definition) is 2. The van der Waals surface area contributed by atoms with Crippen LogP contribution >= 0.6 is 0 Å². The van der Waals surface area contributed by atoms with Crippen LogP contribution in [0.1, 0.15) is 26.2 Å². The van der Waals surface area contributed by atoms with Crippen LogP contribution in [0.5, 0.6) is 0 Å². The Bertz CT molecular complexity index is 253. The Hall–Kier alpha value is -0.650. The molecule has 2 N–H and O–H groups in total. The van der Waals surface area contributed by atoms with E-state index in [4.69, 9.17) is 9.47 Å². The molecule has 1 aliphatic rings. The standard InChI is InChI=1S/C13H26N2O3/c1-4-13(5-7-14-8-6-13)12(16)15-9-11(18-3)10-17-2/h11,14H,4-10H2,1-3H3,(H,15,16). The Morgan fingerprint density at radius 2 is 2.06 bits per heavy atom. The lowest BCUT2D eigenvalue weighted by Crippen LogP contribution is -2.49. The lowest BCUT2D eigenvalue weighted by molar-refractivity contribution is -0.133. The molecular formula is C13H26N2O3. The summed E-state index contributed by atoms with van der Waals surface area (Å²) in [7, 11) is 3.27. The molecule has 1 heterocycles. The number of methoxy groups -OCH3 is 2. The van der Waals surface area contributed by atoms with Crippen LogP contribution in [0.2, 0.25) is 0 Å². The fourth-order valence-electron chi connectivity index (χ4n) is 2.44. The molecular weight excluding hydrogens is 232 g/mol. The molecule has 0 bridgehead atoms. The van der Waals surface area contributed by atoms with Crippen LogP contribution in [-0.4, -0.2) is 52.5 Å². The average molecular weight is 258 g/mol. The fraction of sp³-hybridized carbons (Fsp3) is 0.923. The van der Waals surface area contributed by atoms with Crippen LogP contribution in [0.25, 0.3) is 0 Å². The highest BCUT2D eigenvalue weighted by Gasteiger charge is 2.37. The zero-order valence-electron chi connectivity index (χ0n) is 11.8. The van der Waals surface area contributed by atoms with E-state index < -0.39 is 0 Å². The molecule has 0 radical (unpaired) electrons. The van der Waals surface area contributed by atoms with Crippen molar-refractivity contribution in [3.05, 3.63) is 0 Å². The molecule has 0 aromatic heterocycles. The SMILES string of the molecule is CCC1(C(=O)NCC(COC)OC)CCNCC1. The molecule has 1 aliphatic heterocycles. The predicted octanol–water partition coefficient (Wildman–Crippen LogP) is 0.544. The van der Waals surface area contributed by atoms with Gasteiger partial charge in [-0.05, 0) is 32.4 Å². The van der Waals surface area contributed by atoms with Crippen LogP contribution in [0.15, 0.2) is 0 Å². The molecule has 0 aliphatic carbocycles. The number of carbonyl (C=O) groups excluding carboxylic acids is 1. The van der Waals surface area contributed by atoms with Crippen molar-refractivity contribution in [2.24, 2.45) is 5.41 Å². The number of nitrogens with one attached hydrogen (secondary N) is 2. The molecule has 1 atom stereocenters. The number of amides is 1. The van der Waals surface area contributed by atoms with Crippen molar-refractivity contribution < 1.29 is 14.3 Å². The number of piperidine rings is 1. The molecule has 5 nitrogen and oxygen atoms in total. The molecule has 1 saturated heterocycles. The Kier molecular flexibility index (Phi) is 6.60. The van der Waals surface area contributed by atoms with Gasteiger partial charge < -0.3 is 20.1 Å². The second kappa shape index (κ2) is 7.71. The van der Waals surface area contributed by atoms with E-state index in [0.29, 0.717) is 13.2 Å². The molecule has 1 amide bonds. The molecule has 1 rings (SSSR count). The van der Waals surface area contributed by atoms with Gasteiger partial charge in [0.1, 0.15) is 0 Å². The molecule has 18 heavy (non-hydrogen) atoms. The summed E-state index contributed by atoms with van der Waals surface area (Å²) in [6.45, 7) is 4.95. The van der Waals surface area contributed by atoms with Gasteiger partial charge in [-0.1, -0.05) is 6.92 Å². The summed E-state index contributed by atoms with van der Waals surface area (Å²) in [6.07, 6.45) is 2.64. The van der Waals surface area contributed by atoms with Gasteiger partial charge in [0.15, 0.2) is 0 Å². The van der Waals surface area contributed by atoms with Gasteiger partial charge in [-0.3, -0.25) is 4.79 Å². The Balaban J connectivity index is 2.46. The summed E-state index contributed by atoms with van der Waals surface area (Å²) < 4.78 is 10.3. The fourth-order valence-corrected chi connectivity index (χ4v) is 2.44. The van der Waals surface area contributed by atoms with E-state index >= 15 is 0 Å². The van der Waals surface area contributed by atoms with Crippen molar-refractivity contribution in [1.82, 2.24) is 10.6 Å². The maximum absolute atomic E-state index is 12.3. The van der Waals surface area contributed by atoms with Crippen molar-refractivity contribution in [2.75, 3.05) is 40.5 Å². The van der Waals surface area contributed by atoms with Gasteiger partial charge in [-0.2, -0.15) is 0 Å². The highest BCUT2D eigenvalue weighted by Crippen LogP contribution is 2.32. The molecule has 5 heteroatoms. The largest absolute Gasteiger partial charge is 0.382 e. The number of rotatable bonds is 7. The first-order valence-electron chi connectivity index (χ1n) is 6.69. The lowest BCUT2D eigenvalue weighted by Gasteiger charge is -2.35. The number of ether oxygens (including phenoxy) is 2. The molecule has 1 fully saturated rings. The zero-order chi connectivity index (χ0) is 13.4. The molecule has 0 aromatic carbocycles. The summed E-state index contributed by atoms with van der Waals surface area (Å²) in [5.74, 6) is 0.157. The Labute approximate surface area is 110 Å². The minimum absolute atomic E-state index is 0.0745. The number of hydrogen-bond acceptors (Lipinski definition) is 4. The second-order valence-corrected chi connectivity index (χ2v) is 4.91. The van der Waals surface area contributed by atoms with Crippen molar-refractivity contribution in [2.45, 2.75) is 32.3 Å². The van der Waals surface area contributed by atoms with Crippen molar-refractivity contribution in [1.29, 1.82) is 0 Å². The summed E-state index contributed by atoms with van der Waals surface area (Å²) >= 11 is 0. The minimum atomic E-state index is -0.198. The second-order valence-electron chi connectivity index (χ2n) is 4.91. The van der Waals surface area contributed by atoms with E-state index in [1.807, 2.05) is 0 Å². The van der Waals surface area contributed by atoms with Gasteiger partial charge >= 0.3 is 0 Å². The van der Waals surface area contributed by atoms with Gasteiger partial charge in [-0.25, -0.2) is 0 Å². The topological polar surface area (TPSA) is 59.6 Å². The van der Waals surface area contributed by atoms with E-state index in [-0.39, 0.29) is 17.4 Å². The van der Waals surface area contributed by atoms with E-state index in [1.165, 1.54) is 0 Å². The lowest BCUT2D eigenvalue weighted by atomic mass is 9.76. The third-order valence-electron chi connectivity index (χ3n) is 3.90. The summed E-state index contributed by atoms with van der Waals surface area (Å²) in [5, 5.41) is 6.31. The van der Waals surface area contributed by atoms with Crippen molar-refractivity contribution >= 4 is 5.91 Å². The molecule has 1 unspecified atom stereocenters. The molecule has 0 aromatic rings.